The minimum absolute atomic E-state index is 0.0713. The summed E-state index contributed by atoms with van der Waals surface area (Å²) in [7, 11) is 0. The van der Waals surface area contributed by atoms with Gasteiger partial charge in [-0.3, -0.25) is 9.78 Å². The second kappa shape index (κ2) is 6.12. The minimum atomic E-state index is -0.0713. The molecule has 0 aromatic carbocycles. The Hall–Kier alpha value is -2.61. The number of aromatic nitrogens is 5. The molecule has 122 valence electrons. The summed E-state index contributed by atoms with van der Waals surface area (Å²) in [6.07, 6.45) is 3.45. The molecular weight excluding hydrogens is 324 g/mol. The Balaban J connectivity index is 1.47. The first-order valence-corrected chi connectivity index (χ1v) is 8.50. The summed E-state index contributed by atoms with van der Waals surface area (Å²) in [4.78, 5) is 22.7. The average molecular weight is 340 g/mol. The van der Waals surface area contributed by atoms with E-state index in [1.54, 1.807) is 29.2 Å². The van der Waals surface area contributed by atoms with Crippen LogP contribution in [0.5, 0.6) is 0 Å². The summed E-state index contributed by atoms with van der Waals surface area (Å²) >= 11 is 1.42. The number of rotatable bonds is 4. The van der Waals surface area contributed by atoms with Gasteiger partial charge >= 0.3 is 0 Å². The van der Waals surface area contributed by atoms with Crippen LogP contribution in [0.1, 0.15) is 5.82 Å². The van der Waals surface area contributed by atoms with Gasteiger partial charge in [-0.15, -0.1) is 0 Å². The summed E-state index contributed by atoms with van der Waals surface area (Å²) in [6, 6.07) is 7.11. The van der Waals surface area contributed by atoms with E-state index in [-0.39, 0.29) is 5.56 Å². The SMILES string of the molecule is Cc1nsc(N2CC(Cn3nc(-c4ccncc4)ccc3=O)C2)n1. The second-order valence-electron chi connectivity index (χ2n) is 5.87. The molecule has 0 aliphatic carbocycles. The van der Waals surface area contributed by atoms with Gasteiger partial charge in [0.15, 0.2) is 0 Å². The van der Waals surface area contributed by atoms with Crippen molar-refractivity contribution in [3.8, 4) is 11.3 Å². The van der Waals surface area contributed by atoms with Crippen molar-refractivity contribution in [1.29, 1.82) is 0 Å². The lowest BCUT2D eigenvalue weighted by molar-refractivity contribution is 0.335. The van der Waals surface area contributed by atoms with Crippen LogP contribution < -0.4 is 10.5 Å². The van der Waals surface area contributed by atoms with Crippen LogP contribution in [0.2, 0.25) is 0 Å². The monoisotopic (exact) mass is 340 g/mol. The fourth-order valence-corrected chi connectivity index (χ4v) is 3.45. The van der Waals surface area contributed by atoms with Gasteiger partial charge in [0, 0.05) is 54.6 Å². The Labute approximate surface area is 142 Å². The highest BCUT2D eigenvalue weighted by atomic mass is 32.1. The van der Waals surface area contributed by atoms with Gasteiger partial charge < -0.3 is 4.90 Å². The van der Waals surface area contributed by atoms with Crippen LogP contribution in [0.25, 0.3) is 11.3 Å². The van der Waals surface area contributed by atoms with E-state index in [0.717, 1.165) is 35.3 Å². The third-order valence-corrected chi connectivity index (χ3v) is 4.89. The molecule has 4 heterocycles. The maximum absolute atomic E-state index is 12.1. The molecular formula is C16H16N6OS. The average Bonchev–Trinajstić information content (AvgIpc) is 2.99. The zero-order chi connectivity index (χ0) is 16.5. The minimum Gasteiger partial charge on any atom is -0.346 e. The molecule has 1 aliphatic heterocycles. The highest BCUT2D eigenvalue weighted by molar-refractivity contribution is 7.09. The van der Waals surface area contributed by atoms with Crippen LogP contribution in [0.15, 0.2) is 41.5 Å². The second-order valence-corrected chi connectivity index (χ2v) is 6.60. The van der Waals surface area contributed by atoms with Gasteiger partial charge in [-0.1, -0.05) is 0 Å². The fraction of sp³-hybridized carbons (Fsp3) is 0.312. The summed E-state index contributed by atoms with van der Waals surface area (Å²) in [5.41, 5.74) is 1.67. The van der Waals surface area contributed by atoms with E-state index in [1.165, 1.54) is 11.5 Å². The highest BCUT2D eigenvalue weighted by Gasteiger charge is 2.29. The number of anilines is 1. The molecule has 0 radical (unpaired) electrons. The van der Waals surface area contributed by atoms with Crippen molar-refractivity contribution in [3.05, 3.63) is 52.8 Å². The summed E-state index contributed by atoms with van der Waals surface area (Å²) in [6.45, 7) is 4.27. The smallest absolute Gasteiger partial charge is 0.266 e. The Morgan fingerprint density at radius 1 is 1.21 bits per heavy atom. The molecule has 8 heteroatoms. The molecule has 0 atom stereocenters. The van der Waals surface area contributed by atoms with Crippen molar-refractivity contribution in [2.24, 2.45) is 5.92 Å². The van der Waals surface area contributed by atoms with E-state index >= 15 is 0 Å². The van der Waals surface area contributed by atoms with Gasteiger partial charge in [-0.05, 0) is 25.1 Å². The molecule has 0 unspecified atom stereocenters. The maximum atomic E-state index is 12.1. The third-order valence-electron chi connectivity index (χ3n) is 4.02. The molecule has 3 aromatic heterocycles. The normalized spacial score (nSPS) is 14.6. The molecule has 0 saturated carbocycles. The summed E-state index contributed by atoms with van der Waals surface area (Å²) < 4.78 is 5.76. The molecule has 3 aromatic rings. The van der Waals surface area contributed by atoms with Gasteiger partial charge in [0.1, 0.15) is 5.82 Å². The van der Waals surface area contributed by atoms with Crippen LogP contribution in [-0.2, 0) is 6.54 Å². The third kappa shape index (κ3) is 2.92. The zero-order valence-electron chi connectivity index (χ0n) is 13.2. The van der Waals surface area contributed by atoms with Crippen molar-refractivity contribution in [2.45, 2.75) is 13.5 Å². The Kier molecular flexibility index (Phi) is 3.81. The van der Waals surface area contributed by atoms with Crippen LogP contribution >= 0.6 is 11.5 Å². The highest BCUT2D eigenvalue weighted by Crippen LogP contribution is 2.26. The molecule has 1 saturated heterocycles. The van der Waals surface area contributed by atoms with E-state index in [1.807, 2.05) is 19.1 Å². The first-order chi connectivity index (χ1) is 11.7. The standard InChI is InChI=1S/C16H16N6OS/c1-11-18-16(24-20-11)21-8-12(9-21)10-22-15(23)3-2-14(19-22)13-4-6-17-7-5-13/h2-7,12H,8-10H2,1H3. The Bertz CT molecular complexity index is 900. The van der Waals surface area contributed by atoms with E-state index in [2.05, 4.69) is 24.3 Å². The molecule has 0 amide bonds. The largest absolute Gasteiger partial charge is 0.346 e. The lowest BCUT2D eigenvalue weighted by atomic mass is 10.0. The number of pyridine rings is 1. The molecule has 0 bridgehead atoms. The van der Waals surface area contributed by atoms with E-state index in [4.69, 9.17) is 0 Å². The van der Waals surface area contributed by atoms with Crippen molar-refractivity contribution < 1.29 is 0 Å². The van der Waals surface area contributed by atoms with Gasteiger partial charge in [0.25, 0.3) is 5.56 Å². The maximum Gasteiger partial charge on any atom is 0.266 e. The zero-order valence-corrected chi connectivity index (χ0v) is 14.0. The Morgan fingerprint density at radius 2 is 2.00 bits per heavy atom. The van der Waals surface area contributed by atoms with Gasteiger partial charge in [-0.2, -0.15) is 9.47 Å². The predicted octanol–water partition coefficient (Wildman–Crippen LogP) is 1.60. The molecule has 0 N–H and O–H groups in total. The number of nitrogens with zero attached hydrogens (tertiary/aromatic N) is 6. The molecule has 24 heavy (non-hydrogen) atoms. The quantitative estimate of drug-likeness (QED) is 0.718. The van der Waals surface area contributed by atoms with Crippen molar-refractivity contribution >= 4 is 16.7 Å². The van der Waals surface area contributed by atoms with Gasteiger partial charge in [0.2, 0.25) is 5.13 Å². The molecule has 7 nitrogen and oxygen atoms in total. The molecule has 0 spiro atoms. The molecule has 1 fully saturated rings. The lowest BCUT2D eigenvalue weighted by Gasteiger charge is -2.38. The number of aryl methyl sites for hydroxylation is 1. The first kappa shape index (κ1) is 14.9. The van der Waals surface area contributed by atoms with Crippen LogP contribution in [0.3, 0.4) is 0 Å². The van der Waals surface area contributed by atoms with Crippen LogP contribution in [0, 0.1) is 12.8 Å². The van der Waals surface area contributed by atoms with Crippen LogP contribution in [0.4, 0.5) is 5.13 Å². The molecule has 4 rings (SSSR count). The van der Waals surface area contributed by atoms with Gasteiger partial charge in [0.05, 0.1) is 12.2 Å². The van der Waals surface area contributed by atoms with Crippen molar-refractivity contribution in [3.63, 3.8) is 0 Å². The first-order valence-electron chi connectivity index (χ1n) is 7.73. The van der Waals surface area contributed by atoms with E-state index < -0.39 is 0 Å². The lowest BCUT2D eigenvalue weighted by Crippen LogP contribution is -2.49. The van der Waals surface area contributed by atoms with E-state index in [0.29, 0.717) is 12.5 Å². The number of hydrogen-bond acceptors (Lipinski definition) is 7. The Morgan fingerprint density at radius 3 is 2.71 bits per heavy atom. The summed E-state index contributed by atoms with van der Waals surface area (Å²) in [5.74, 6) is 1.20. The van der Waals surface area contributed by atoms with Gasteiger partial charge in [-0.25, -0.2) is 9.67 Å². The van der Waals surface area contributed by atoms with Crippen molar-refractivity contribution in [2.75, 3.05) is 18.0 Å². The predicted molar refractivity (Wildman–Crippen MR) is 92.1 cm³/mol. The summed E-state index contributed by atoms with van der Waals surface area (Å²) in [5, 5.41) is 5.45. The van der Waals surface area contributed by atoms with Crippen molar-refractivity contribution in [1.82, 2.24) is 24.1 Å². The number of hydrogen-bond donors (Lipinski definition) is 0. The topological polar surface area (TPSA) is 76.8 Å². The van der Waals surface area contributed by atoms with Crippen LogP contribution in [-0.4, -0.2) is 37.2 Å². The fourth-order valence-electron chi connectivity index (χ4n) is 2.76. The van der Waals surface area contributed by atoms with E-state index in [9.17, 15) is 4.79 Å². The molecule has 1 aliphatic rings.